The molecule has 0 bridgehead atoms. The summed E-state index contributed by atoms with van der Waals surface area (Å²) in [6.45, 7) is 5.00. The first kappa shape index (κ1) is 16.5. The van der Waals surface area contributed by atoms with Crippen LogP contribution in [0.2, 0.25) is 0 Å². The van der Waals surface area contributed by atoms with Crippen LogP contribution in [0.15, 0.2) is 36.7 Å². The zero-order valence-electron chi connectivity index (χ0n) is 14.8. The van der Waals surface area contributed by atoms with Crippen molar-refractivity contribution in [3.05, 3.63) is 47.8 Å². The van der Waals surface area contributed by atoms with Crippen molar-refractivity contribution in [3.63, 3.8) is 0 Å². The molecule has 0 N–H and O–H groups in total. The van der Waals surface area contributed by atoms with Crippen LogP contribution in [-0.2, 0) is 11.2 Å². The molecule has 0 atom stereocenters. The van der Waals surface area contributed by atoms with Crippen LogP contribution < -0.4 is 9.80 Å². The number of nitrogens with zero attached hydrogens (tertiary/aromatic N) is 5. The van der Waals surface area contributed by atoms with Gasteiger partial charge in [-0.3, -0.25) is 9.59 Å². The predicted molar refractivity (Wildman–Crippen MR) is 98.3 cm³/mol. The van der Waals surface area contributed by atoms with Crippen LogP contribution in [0.4, 0.5) is 11.6 Å². The maximum atomic E-state index is 12.9. The zero-order valence-corrected chi connectivity index (χ0v) is 14.8. The fraction of sp³-hybridized carbons (Fsp3) is 0.368. The van der Waals surface area contributed by atoms with Gasteiger partial charge >= 0.3 is 0 Å². The quantitative estimate of drug-likeness (QED) is 0.817. The van der Waals surface area contributed by atoms with Crippen LogP contribution in [0.3, 0.4) is 0 Å². The van der Waals surface area contributed by atoms with Gasteiger partial charge in [-0.15, -0.1) is 0 Å². The Hall–Kier alpha value is -2.96. The highest BCUT2D eigenvalue weighted by molar-refractivity contribution is 5.98. The lowest BCUT2D eigenvalue weighted by Crippen LogP contribution is -2.49. The van der Waals surface area contributed by atoms with Gasteiger partial charge in [0.15, 0.2) is 0 Å². The summed E-state index contributed by atoms with van der Waals surface area (Å²) in [5.74, 6) is 0.797. The van der Waals surface area contributed by atoms with Crippen molar-refractivity contribution in [3.8, 4) is 0 Å². The average molecular weight is 351 g/mol. The summed E-state index contributed by atoms with van der Waals surface area (Å²) in [5, 5.41) is 0. The lowest BCUT2D eigenvalue weighted by Gasteiger charge is -2.34. The normalized spacial score (nSPS) is 16.6. The van der Waals surface area contributed by atoms with Crippen molar-refractivity contribution < 1.29 is 9.59 Å². The second kappa shape index (κ2) is 6.74. The standard InChI is InChI=1S/C19H21N5O2/c1-14(25)24-8-5-15-13-16(3-4-17(15)24)18(26)22-9-11-23(12-10-22)19-20-6-2-7-21-19/h2-4,6-7,13H,5,8-12H2,1H3. The molecule has 0 spiro atoms. The van der Waals surface area contributed by atoms with Crippen molar-refractivity contribution in [1.29, 1.82) is 0 Å². The van der Waals surface area contributed by atoms with Crippen LogP contribution in [0.1, 0.15) is 22.8 Å². The third-order valence-electron chi connectivity index (χ3n) is 5.00. The number of hydrogen-bond donors (Lipinski definition) is 0. The monoisotopic (exact) mass is 351 g/mol. The van der Waals surface area contributed by atoms with Gasteiger partial charge in [-0.05, 0) is 36.2 Å². The third-order valence-corrected chi connectivity index (χ3v) is 5.00. The molecule has 0 aliphatic carbocycles. The molecule has 134 valence electrons. The minimum atomic E-state index is 0.0436. The van der Waals surface area contributed by atoms with Crippen LogP contribution in [0.25, 0.3) is 0 Å². The molecule has 0 saturated carbocycles. The highest BCUT2D eigenvalue weighted by Crippen LogP contribution is 2.29. The minimum absolute atomic E-state index is 0.0436. The van der Waals surface area contributed by atoms with Gasteiger partial charge in [0.25, 0.3) is 5.91 Å². The molecule has 2 aliphatic rings. The molecule has 1 aromatic heterocycles. The summed E-state index contributed by atoms with van der Waals surface area (Å²) in [6, 6.07) is 7.46. The number of aromatic nitrogens is 2. The van der Waals surface area contributed by atoms with E-state index in [-0.39, 0.29) is 11.8 Å². The summed E-state index contributed by atoms with van der Waals surface area (Å²) in [7, 11) is 0. The summed E-state index contributed by atoms with van der Waals surface area (Å²) in [5.41, 5.74) is 2.70. The molecule has 1 saturated heterocycles. The molecule has 1 fully saturated rings. The van der Waals surface area contributed by atoms with Crippen LogP contribution in [0.5, 0.6) is 0 Å². The Morgan fingerprint density at radius 3 is 2.42 bits per heavy atom. The predicted octanol–water partition coefficient (Wildman–Crippen LogP) is 1.35. The Morgan fingerprint density at radius 2 is 1.73 bits per heavy atom. The van der Waals surface area contributed by atoms with Crippen molar-refractivity contribution >= 4 is 23.5 Å². The largest absolute Gasteiger partial charge is 0.337 e. The molecule has 26 heavy (non-hydrogen) atoms. The number of benzene rings is 1. The van der Waals surface area contributed by atoms with E-state index in [2.05, 4.69) is 14.9 Å². The smallest absolute Gasteiger partial charge is 0.253 e. The Balaban J connectivity index is 1.44. The van der Waals surface area contributed by atoms with Gasteiger partial charge < -0.3 is 14.7 Å². The molecule has 7 heteroatoms. The van der Waals surface area contributed by atoms with Crippen LogP contribution in [0, 0.1) is 0 Å². The number of fused-ring (bicyclic) bond motifs is 1. The fourth-order valence-corrected chi connectivity index (χ4v) is 3.61. The number of anilines is 2. The van der Waals surface area contributed by atoms with Crippen molar-refractivity contribution in [2.45, 2.75) is 13.3 Å². The molecule has 0 unspecified atom stereocenters. The highest BCUT2D eigenvalue weighted by Gasteiger charge is 2.26. The number of carbonyl (C=O) groups excluding carboxylic acids is 2. The van der Waals surface area contributed by atoms with Crippen LogP contribution >= 0.6 is 0 Å². The lowest BCUT2D eigenvalue weighted by atomic mass is 10.1. The topological polar surface area (TPSA) is 69.6 Å². The molecular formula is C19H21N5O2. The molecular weight excluding hydrogens is 330 g/mol. The number of piperazine rings is 1. The number of hydrogen-bond acceptors (Lipinski definition) is 5. The molecule has 2 amide bonds. The lowest BCUT2D eigenvalue weighted by molar-refractivity contribution is -0.116. The molecule has 1 aromatic carbocycles. The number of amides is 2. The van der Waals surface area contributed by atoms with Gasteiger partial charge in [-0.2, -0.15) is 0 Å². The number of rotatable bonds is 2. The summed E-state index contributed by atoms with van der Waals surface area (Å²) in [4.78, 5) is 38.8. The Morgan fingerprint density at radius 1 is 1.00 bits per heavy atom. The molecule has 2 aromatic rings. The van der Waals surface area contributed by atoms with E-state index >= 15 is 0 Å². The maximum Gasteiger partial charge on any atom is 0.253 e. The van der Waals surface area contributed by atoms with E-state index in [0.29, 0.717) is 31.1 Å². The molecule has 2 aliphatic heterocycles. The van der Waals surface area contributed by atoms with E-state index in [0.717, 1.165) is 30.8 Å². The van der Waals surface area contributed by atoms with E-state index in [9.17, 15) is 9.59 Å². The van der Waals surface area contributed by atoms with E-state index in [4.69, 9.17) is 0 Å². The Kier molecular flexibility index (Phi) is 4.28. The molecule has 3 heterocycles. The summed E-state index contributed by atoms with van der Waals surface area (Å²) in [6.07, 6.45) is 4.26. The van der Waals surface area contributed by atoms with Crippen molar-refractivity contribution in [2.24, 2.45) is 0 Å². The van der Waals surface area contributed by atoms with E-state index < -0.39 is 0 Å². The van der Waals surface area contributed by atoms with Gasteiger partial charge in [-0.25, -0.2) is 9.97 Å². The second-order valence-electron chi connectivity index (χ2n) is 6.59. The first-order chi connectivity index (χ1) is 12.6. The molecule has 0 radical (unpaired) electrons. The van der Waals surface area contributed by atoms with Gasteiger partial charge in [0, 0.05) is 63.3 Å². The summed E-state index contributed by atoms with van der Waals surface area (Å²) >= 11 is 0. The summed E-state index contributed by atoms with van der Waals surface area (Å²) < 4.78 is 0. The number of carbonyl (C=O) groups is 2. The first-order valence-electron chi connectivity index (χ1n) is 8.86. The minimum Gasteiger partial charge on any atom is -0.337 e. The first-order valence-corrected chi connectivity index (χ1v) is 8.86. The van der Waals surface area contributed by atoms with Gasteiger partial charge in [-0.1, -0.05) is 0 Å². The second-order valence-corrected chi connectivity index (χ2v) is 6.59. The van der Waals surface area contributed by atoms with Crippen molar-refractivity contribution in [1.82, 2.24) is 14.9 Å². The third kappa shape index (κ3) is 3.00. The Bertz CT molecular complexity index is 831. The average Bonchev–Trinajstić information content (AvgIpc) is 3.12. The maximum absolute atomic E-state index is 12.9. The van der Waals surface area contributed by atoms with Gasteiger partial charge in [0.2, 0.25) is 11.9 Å². The van der Waals surface area contributed by atoms with Gasteiger partial charge in [0.05, 0.1) is 0 Å². The molecule has 4 rings (SSSR count). The highest BCUT2D eigenvalue weighted by atomic mass is 16.2. The van der Waals surface area contributed by atoms with E-state index in [1.165, 1.54) is 0 Å². The Labute approximate surface area is 152 Å². The van der Waals surface area contributed by atoms with Crippen LogP contribution in [-0.4, -0.2) is 59.4 Å². The molecule has 7 nitrogen and oxygen atoms in total. The SMILES string of the molecule is CC(=O)N1CCc2cc(C(=O)N3CCN(c4ncccn4)CC3)ccc21. The zero-order chi connectivity index (χ0) is 18.1. The van der Waals surface area contributed by atoms with Gasteiger partial charge in [0.1, 0.15) is 0 Å². The fourth-order valence-electron chi connectivity index (χ4n) is 3.61. The van der Waals surface area contributed by atoms with Crippen molar-refractivity contribution in [2.75, 3.05) is 42.5 Å². The van der Waals surface area contributed by atoms with E-state index in [1.54, 1.807) is 30.3 Å². The van der Waals surface area contributed by atoms with E-state index in [1.807, 2.05) is 23.1 Å².